The molecule has 1 aromatic carbocycles. The van der Waals surface area contributed by atoms with Crippen molar-refractivity contribution in [3.05, 3.63) is 46.2 Å². The zero-order valence-corrected chi connectivity index (χ0v) is 13.0. The van der Waals surface area contributed by atoms with E-state index >= 15 is 0 Å². The second-order valence-corrected chi connectivity index (χ2v) is 5.35. The summed E-state index contributed by atoms with van der Waals surface area (Å²) in [6.45, 7) is 2.78. The molecule has 20 heavy (non-hydrogen) atoms. The van der Waals surface area contributed by atoms with E-state index in [2.05, 4.69) is 26.1 Å². The first-order chi connectivity index (χ1) is 9.58. The summed E-state index contributed by atoms with van der Waals surface area (Å²) in [6.07, 6.45) is 1.55. The Hall–Kier alpha value is -1.82. The van der Waals surface area contributed by atoms with Crippen LogP contribution in [0.15, 0.2) is 34.9 Å². The lowest BCUT2D eigenvalue weighted by molar-refractivity contribution is 0.0773. The largest absolute Gasteiger partial charge is 0.492 e. The molecule has 0 fully saturated rings. The highest BCUT2D eigenvalue weighted by Gasteiger charge is 2.15. The maximum absolute atomic E-state index is 12.1. The highest BCUT2D eigenvalue weighted by molar-refractivity contribution is 9.10. The number of likely N-dealkylation sites (N-methyl/N-ethyl adjacent to an activating group) is 1. The summed E-state index contributed by atoms with van der Waals surface area (Å²) in [6, 6.07) is 7.59. The standard InChI is InChI=1S/C14H16BrN3O2/c1-10-13(9-16-17-10)14(19)18(2)7-8-20-12-5-3-11(15)4-6-12/h3-6,9H,7-8H2,1-2H3,(H,16,17). The van der Waals surface area contributed by atoms with Crippen molar-refractivity contribution >= 4 is 21.8 Å². The van der Waals surface area contributed by atoms with Gasteiger partial charge in [0.05, 0.1) is 18.3 Å². The van der Waals surface area contributed by atoms with Gasteiger partial charge in [0.1, 0.15) is 12.4 Å². The summed E-state index contributed by atoms with van der Waals surface area (Å²) in [5.41, 5.74) is 1.37. The van der Waals surface area contributed by atoms with Crippen LogP contribution in [0, 0.1) is 6.92 Å². The van der Waals surface area contributed by atoms with E-state index < -0.39 is 0 Å². The molecule has 0 aliphatic heterocycles. The Morgan fingerprint density at radius 3 is 2.70 bits per heavy atom. The minimum absolute atomic E-state index is 0.0596. The van der Waals surface area contributed by atoms with Crippen LogP contribution in [-0.2, 0) is 0 Å². The molecule has 0 radical (unpaired) electrons. The number of ether oxygens (including phenoxy) is 1. The number of aryl methyl sites for hydroxylation is 1. The molecule has 2 aromatic rings. The fourth-order valence-corrected chi connectivity index (χ4v) is 1.97. The van der Waals surface area contributed by atoms with Crippen molar-refractivity contribution in [2.45, 2.75) is 6.92 Å². The lowest BCUT2D eigenvalue weighted by Gasteiger charge is -2.17. The molecule has 0 saturated carbocycles. The third-order valence-electron chi connectivity index (χ3n) is 2.92. The number of carbonyl (C=O) groups excluding carboxylic acids is 1. The Morgan fingerprint density at radius 1 is 1.40 bits per heavy atom. The highest BCUT2D eigenvalue weighted by Crippen LogP contribution is 2.16. The molecule has 0 spiro atoms. The SMILES string of the molecule is Cc1[nH]ncc1C(=O)N(C)CCOc1ccc(Br)cc1. The van der Waals surface area contributed by atoms with Gasteiger partial charge in [-0.15, -0.1) is 0 Å². The Morgan fingerprint density at radius 2 is 2.10 bits per heavy atom. The van der Waals surface area contributed by atoms with Crippen LogP contribution in [0.1, 0.15) is 16.1 Å². The van der Waals surface area contributed by atoms with Crippen LogP contribution >= 0.6 is 15.9 Å². The molecule has 1 heterocycles. The summed E-state index contributed by atoms with van der Waals surface area (Å²) in [7, 11) is 1.75. The summed E-state index contributed by atoms with van der Waals surface area (Å²) < 4.78 is 6.60. The van der Waals surface area contributed by atoms with Crippen LogP contribution in [0.4, 0.5) is 0 Å². The van der Waals surface area contributed by atoms with Gasteiger partial charge in [-0.05, 0) is 31.2 Å². The molecule has 1 aromatic heterocycles. The van der Waals surface area contributed by atoms with Gasteiger partial charge in [-0.1, -0.05) is 15.9 Å². The number of H-pyrrole nitrogens is 1. The molecule has 6 heteroatoms. The average molecular weight is 338 g/mol. The van der Waals surface area contributed by atoms with E-state index in [0.29, 0.717) is 18.7 Å². The van der Waals surface area contributed by atoms with Crippen molar-refractivity contribution in [1.29, 1.82) is 0 Å². The van der Waals surface area contributed by atoms with Gasteiger partial charge in [0, 0.05) is 17.2 Å². The molecule has 0 aliphatic rings. The first-order valence-electron chi connectivity index (χ1n) is 6.21. The van der Waals surface area contributed by atoms with E-state index in [1.165, 1.54) is 0 Å². The number of hydrogen-bond donors (Lipinski definition) is 1. The minimum atomic E-state index is -0.0596. The third kappa shape index (κ3) is 3.60. The van der Waals surface area contributed by atoms with Gasteiger partial charge in [0.15, 0.2) is 0 Å². The molecule has 0 unspecified atom stereocenters. The van der Waals surface area contributed by atoms with Gasteiger partial charge >= 0.3 is 0 Å². The van der Waals surface area contributed by atoms with E-state index in [-0.39, 0.29) is 5.91 Å². The Labute approximate surface area is 126 Å². The number of aromatic amines is 1. The van der Waals surface area contributed by atoms with Crippen LogP contribution in [0.5, 0.6) is 5.75 Å². The number of halogens is 1. The predicted molar refractivity (Wildman–Crippen MR) is 79.9 cm³/mol. The molecule has 0 aliphatic carbocycles. The maximum Gasteiger partial charge on any atom is 0.257 e. The molecule has 0 saturated heterocycles. The van der Waals surface area contributed by atoms with Gasteiger partial charge in [-0.25, -0.2) is 0 Å². The van der Waals surface area contributed by atoms with Crippen molar-refractivity contribution < 1.29 is 9.53 Å². The van der Waals surface area contributed by atoms with E-state index in [1.807, 2.05) is 31.2 Å². The first kappa shape index (κ1) is 14.6. The third-order valence-corrected chi connectivity index (χ3v) is 3.44. The molecule has 0 bridgehead atoms. The second-order valence-electron chi connectivity index (χ2n) is 4.44. The van der Waals surface area contributed by atoms with Gasteiger partial charge in [-0.2, -0.15) is 5.10 Å². The second kappa shape index (κ2) is 6.56. The topological polar surface area (TPSA) is 58.2 Å². The fourth-order valence-electron chi connectivity index (χ4n) is 1.70. The van der Waals surface area contributed by atoms with E-state index in [4.69, 9.17) is 4.74 Å². The summed E-state index contributed by atoms with van der Waals surface area (Å²) in [5, 5.41) is 6.61. The fraction of sp³-hybridized carbons (Fsp3) is 0.286. The van der Waals surface area contributed by atoms with Crippen LogP contribution in [0.25, 0.3) is 0 Å². The maximum atomic E-state index is 12.1. The van der Waals surface area contributed by atoms with Crippen molar-refractivity contribution in [1.82, 2.24) is 15.1 Å². The molecule has 106 valence electrons. The van der Waals surface area contributed by atoms with E-state index in [9.17, 15) is 4.79 Å². The number of nitrogens with one attached hydrogen (secondary N) is 1. The average Bonchev–Trinajstić information content (AvgIpc) is 2.86. The normalized spacial score (nSPS) is 10.3. The predicted octanol–water partition coefficient (Wildman–Crippen LogP) is 2.63. The molecule has 1 amide bonds. The lowest BCUT2D eigenvalue weighted by Crippen LogP contribution is -2.31. The summed E-state index contributed by atoms with van der Waals surface area (Å²) in [4.78, 5) is 13.7. The van der Waals surface area contributed by atoms with Gasteiger partial charge in [0.25, 0.3) is 5.91 Å². The number of benzene rings is 1. The minimum Gasteiger partial charge on any atom is -0.492 e. The Bertz CT molecular complexity index is 580. The van der Waals surface area contributed by atoms with E-state index in [1.54, 1.807) is 18.1 Å². The number of nitrogens with zero attached hydrogens (tertiary/aromatic N) is 2. The van der Waals surface area contributed by atoms with Crippen molar-refractivity contribution in [3.63, 3.8) is 0 Å². The molecular weight excluding hydrogens is 322 g/mol. The van der Waals surface area contributed by atoms with Crippen LogP contribution in [0.3, 0.4) is 0 Å². The zero-order chi connectivity index (χ0) is 14.5. The number of aromatic nitrogens is 2. The molecule has 5 nitrogen and oxygen atoms in total. The van der Waals surface area contributed by atoms with Gasteiger partial charge < -0.3 is 9.64 Å². The number of rotatable bonds is 5. The summed E-state index contributed by atoms with van der Waals surface area (Å²) >= 11 is 3.37. The molecule has 0 atom stereocenters. The Balaban J connectivity index is 1.83. The zero-order valence-electron chi connectivity index (χ0n) is 11.4. The molecule has 1 N–H and O–H groups in total. The number of carbonyl (C=O) groups is 1. The quantitative estimate of drug-likeness (QED) is 0.912. The molecular formula is C14H16BrN3O2. The number of amides is 1. The smallest absolute Gasteiger partial charge is 0.257 e. The Kier molecular flexibility index (Phi) is 4.79. The monoisotopic (exact) mass is 337 g/mol. The van der Waals surface area contributed by atoms with Gasteiger partial charge in [0.2, 0.25) is 0 Å². The van der Waals surface area contributed by atoms with E-state index in [0.717, 1.165) is 15.9 Å². The molecule has 2 rings (SSSR count). The van der Waals surface area contributed by atoms with Crippen molar-refractivity contribution in [3.8, 4) is 5.75 Å². The van der Waals surface area contributed by atoms with Crippen molar-refractivity contribution in [2.75, 3.05) is 20.2 Å². The summed E-state index contributed by atoms with van der Waals surface area (Å²) in [5.74, 6) is 0.726. The lowest BCUT2D eigenvalue weighted by atomic mass is 10.2. The van der Waals surface area contributed by atoms with Crippen LogP contribution in [0.2, 0.25) is 0 Å². The van der Waals surface area contributed by atoms with Crippen LogP contribution < -0.4 is 4.74 Å². The number of hydrogen-bond acceptors (Lipinski definition) is 3. The van der Waals surface area contributed by atoms with Crippen LogP contribution in [-0.4, -0.2) is 41.2 Å². The highest BCUT2D eigenvalue weighted by atomic mass is 79.9. The van der Waals surface area contributed by atoms with Crippen molar-refractivity contribution in [2.24, 2.45) is 0 Å². The first-order valence-corrected chi connectivity index (χ1v) is 7.01. The van der Waals surface area contributed by atoms with Gasteiger partial charge in [-0.3, -0.25) is 9.89 Å².